The average molecular weight is 813 g/mol. The molecule has 10 aromatic rings. The van der Waals surface area contributed by atoms with Crippen molar-refractivity contribution in [2.45, 2.75) is 46.0 Å². The van der Waals surface area contributed by atoms with Crippen LogP contribution in [0.2, 0.25) is 0 Å². The molecular weight excluding hydrogens is 761 g/mol. The minimum absolute atomic E-state index is 0.480. The molecule has 0 spiro atoms. The molecule has 1 heterocycles. The zero-order valence-electron chi connectivity index (χ0n) is 36.5. The number of hydrogen-bond acceptors (Lipinski definition) is 1. The molecule has 0 radical (unpaired) electrons. The molecule has 1 unspecified atom stereocenters. The standard InChI is InChI=1S/C61H52N2/c1-5-43(4)45-16-18-50(19-17-45)52-28-38-60-58(40-52)59-41-53(29-39-61(59)63(60)57-30-20-44(21-31-57)42(2)3)51-26-36-56(37-27-51)62(54-32-22-48(23-33-54)46-12-8-6-9-13-46)55-34-24-49(25-35-55)47-14-10-7-11-15-47/h6-43H,5H2,1-4H3. The molecule has 63 heavy (non-hydrogen) atoms. The first-order valence-electron chi connectivity index (χ1n) is 22.4. The molecule has 1 atom stereocenters. The Morgan fingerprint density at radius 3 is 1.11 bits per heavy atom. The van der Waals surface area contributed by atoms with Crippen molar-refractivity contribution in [2.24, 2.45) is 0 Å². The van der Waals surface area contributed by atoms with Gasteiger partial charge in [-0.1, -0.05) is 173 Å². The summed E-state index contributed by atoms with van der Waals surface area (Å²) in [5, 5.41) is 2.50. The molecule has 306 valence electrons. The van der Waals surface area contributed by atoms with E-state index in [0.29, 0.717) is 11.8 Å². The van der Waals surface area contributed by atoms with Gasteiger partial charge in [-0.05, 0) is 147 Å². The summed E-state index contributed by atoms with van der Waals surface area (Å²) in [4.78, 5) is 2.35. The summed E-state index contributed by atoms with van der Waals surface area (Å²) in [6.45, 7) is 9.07. The molecule has 0 amide bonds. The molecule has 0 aliphatic carbocycles. The second-order valence-corrected chi connectivity index (χ2v) is 17.2. The SMILES string of the molecule is CCC(C)c1ccc(-c2ccc3c(c2)c2cc(-c4ccc(N(c5ccc(-c6ccccc6)cc5)c5ccc(-c6ccccc6)cc5)cc4)ccc2n3-c2ccc(C(C)C)cc2)cc1. The fourth-order valence-corrected chi connectivity index (χ4v) is 9.03. The Morgan fingerprint density at radius 2 is 0.714 bits per heavy atom. The number of aromatic nitrogens is 1. The summed E-state index contributed by atoms with van der Waals surface area (Å²) in [5.74, 6) is 1.03. The van der Waals surface area contributed by atoms with Gasteiger partial charge in [0.1, 0.15) is 0 Å². The summed E-state index contributed by atoms with van der Waals surface area (Å²) in [5.41, 5.74) is 19.3. The fraction of sp³-hybridized carbons (Fsp3) is 0.115. The van der Waals surface area contributed by atoms with Crippen molar-refractivity contribution >= 4 is 38.9 Å². The average Bonchev–Trinajstić information content (AvgIpc) is 3.68. The van der Waals surface area contributed by atoms with Crippen molar-refractivity contribution in [3.63, 3.8) is 0 Å². The van der Waals surface area contributed by atoms with Gasteiger partial charge in [0.15, 0.2) is 0 Å². The molecule has 0 fully saturated rings. The molecule has 0 aliphatic rings. The highest BCUT2D eigenvalue weighted by atomic mass is 15.1. The van der Waals surface area contributed by atoms with Gasteiger partial charge in [-0.3, -0.25) is 0 Å². The fourth-order valence-electron chi connectivity index (χ4n) is 9.03. The van der Waals surface area contributed by atoms with Crippen LogP contribution in [0.5, 0.6) is 0 Å². The van der Waals surface area contributed by atoms with Gasteiger partial charge >= 0.3 is 0 Å². The van der Waals surface area contributed by atoms with Gasteiger partial charge in [-0.25, -0.2) is 0 Å². The van der Waals surface area contributed by atoms with Crippen molar-refractivity contribution in [2.75, 3.05) is 4.90 Å². The second-order valence-electron chi connectivity index (χ2n) is 17.2. The van der Waals surface area contributed by atoms with E-state index in [9.17, 15) is 0 Å². The third-order valence-electron chi connectivity index (χ3n) is 12.9. The first-order valence-corrected chi connectivity index (χ1v) is 22.4. The van der Waals surface area contributed by atoms with Gasteiger partial charge in [0.25, 0.3) is 0 Å². The zero-order valence-corrected chi connectivity index (χ0v) is 36.5. The lowest BCUT2D eigenvalue weighted by atomic mass is 9.95. The molecule has 0 N–H and O–H groups in total. The van der Waals surface area contributed by atoms with E-state index < -0.39 is 0 Å². The highest BCUT2D eigenvalue weighted by molar-refractivity contribution is 6.11. The molecule has 1 aromatic heterocycles. The quantitative estimate of drug-likeness (QED) is 0.126. The topological polar surface area (TPSA) is 8.17 Å². The highest BCUT2D eigenvalue weighted by Gasteiger charge is 2.17. The van der Waals surface area contributed by atoms with Gasteiger partial charge in [0, 0.05) is 33.5 Å². The van der Waals surface area contributed by atoms with Gasteiger partial charge < -0.3 is 9.47 Å². The van der Waals surface area contributed by atoms with Crippen LogP contribution in [0.4, 0.5) is 17.1 Å². The van der Waals surface area contributed by atoms with Crippen LogP contribution in [0.25, 0.3) is 72.0 Å². The third-order valence-corrected chi connectivity index (χ3v) is 12.9. The summed E-state index contributed by atoms with van der Waals surface area (Å²) >= 11 is 0. The van der Waals surface area contributed by atoms with E-state index in [-0.39, 0.29) is 0 Å². The summed E-state index contributed by atoms with van der Waals surface area (Å²) in [6, 6.07) is 80.3. The zero-order chi connectivity index (χ0) is 42.9. The van der Waals surface area contributed by atoms with Crippen LogP contribution in [0.3, 0.4) is 0 Å². The van der Waals surface area contributed by atoms with Gasteiger partial charge in [0.2, 0.25) is 0 Å². The minimum Gasteiger partial charge on any atom is -0.311 e. The smallest absolute Gasteiger partial charge is 0.0541 e. The Balaban J connectivity index is 1.05. The van der Waals surface area contributed by atoms with Crippen molar-refractivity contribution < 1.29 is 0 Å². The third kappa shape index (κ3) is 7.86. The first kappa shape index (κ1) is 39.7. The monoisotopic (exact) mass is 812 g/mol. The predicted octanol–water partition coefficient (Wildman–Crippen LogP) is 17.6. The van der Waals surface area contributed by atoms with E-state index in [4.69, 9.17) is 0 Å². The maximum absolute atomic E-state index is 2.43. The molecule has 2 heteroatoms. The van der Waals surface area contributed by atoms with E-state index in [0.717, 1.165) is 23.5 Å². The maximum Gasteiger partial charge on any atom is 0.0541 e. The highest BCUT2D eigenvalue weighted by Crippen LogP contribution is 2.40. The normalized spacial score (nSPS) is 12.0. The number of nitrogens with zero attached hydrogens (tertiary/aromatic N) is 2. The van der Waals surface area contributed by atoms with Gasteiger partial charge in [-0.15, -0.1) is 0 Å². The molecule has 0 saturated heterocycles. The molecule has 9 aromatic carbocycles. The van der Waals surface area contributed by atoms with Gasteiger partial charge in [0.05, 0.1) is 11.0 Å². The molecular formula is C61H52N2. The number of fused-ring (bicyclic) bond motifs is 3. The molecule has 0 saturated carbocycles. The molecule has 2 nitrogen and oxygen atoms in total. The Labute approximate surface area is 372 Å². The lowest BCUT2D eigenvalue weighted by molar-refractivity contribution is 0.734. The Hall–Kier alpha value is -7.42. The molecule has 0 bridgehead atoms. The second kappa shape index (κ2) is 17.2. The van der Waals surface area contributed by atoms with Crippen molar-refractivity contribution in [3.05, 3.63) is 230 Å². The number of hydrogen-bond donors (Lipinski definition) is 0. The van der Waals surface area contributed by atoms with Crippen LogP contribution in [0.1, 0.15) is 57.1 Å². The number of benzene rings is 9. The van der Waals surface area contributed by atoms with E-state index in [1.54, 1.807) is 0 Å². The van der Waals surface area contributed by atoms with Crippen LogP contribution in [-0.4, -0.2) is 4.57 Å². The van der Waals surface area contributed by atoms with Crippen molar-refractivity contribution in [1.82, 2.24) is 4.57 Å². The minimum atomic E-state index is 0.480. The van der Waals surface area contributed by atoms with E-state index >= 15 is 0 Å². The first-order chi connectivity index (χ1) is 30.9. The summed E-state index contributed by atoms with van der Waals surface area (Å²) in [7, 11) is 0. The Kier molecular flexibility index (Phi) is 10.8. The van der Waals surface area contributed by atoms with E-state index in [1.165, 1.54) is 83.1 Å². The summed E-state index contributed by atoms with van der Waals surface area (Å²) < 4.78 is 2.43. The van der Waals surface area contributed by atoms with Crippen LogP contribution in [0, 0.1) is 0 Å². The van der Waals surface area contributed by atoms with Gasteiger partial charge in [-0.2, -0.15) is 0 Å². The Bertz CT molecular complexity index is 3040. The largest absolute Gasteiger partial charge is 0.311 e. The lowest BCUT2D eigenvalue weighted by Crippen LogP contribution is -2.09. The molecule has 0 aliphatic heterocycles. The van der Waals surface area contributed by atoms with Crippen LogP contribution < -0.4 is 4.90 Å². The van der Waals surface area contributed by atoms with Crippen LogP contribution >= 0.6 is 0 Å². The number of rotatable bonds is 11. The lowest BCUT2D eigenvalue weighted by Gasteiger charge is -2.26. The van der Waals surface area contributed by atoms with Crippen LogP contribution in [0.15, 0.2) is 218 Å². The Morgan fingerprint density at radius 1 is 0.365 bits per heavy atom. The number of anilines is 3. The summed E-state index contributed by atoms with van der Waals surface area (Å²) in [6.07, 6.45) is 1.14. The van der Waals surface area contributed by atoms with E-state index in [1.807, 2.05) is 0 Å². The van der Waals surface area contributed by atoms with Crippen molar-refractivity contribution in [3.8, 4) is 50.2 Å². The van der Waals surface area contributed by atoms with Crippen molar-refractivity contribution in [1.29, 1.82) is 0 Å². The predicted molar refractivity (Wildman–Crippen MR) is 270 cm³/mol. The molecule has 10 rings (SSSR count). The maximum atomic E-state index is 2.43. The van der Waals surface area contributed by atoms with Crippen LogP contribution in [-0.2, 0) is 0 Å². The van der Waals surface area contributed by atoms with E-state index in [2.05, 4.69) is 256 Å².